The van der Waals surface area contributed by atoms with Crippen molar-refractivity contribution >= 4 is 5.91 Å². The number of nitrogens with one attached hydrogen (secondary N) is 1. The first-order valence-corrected chi connectivity index (χ1v) is 4.54. The van der Waals surface area contributed by atoms with Gasteiger partial charge in [-0.25, -0.2) is 0 Å². The minimum Gasteiger partial charge on any atom is -0.368 e. The van der Waals surface area contributed by atoms with Crippen LogP contribution < -0.4 is 11.1 Å². The minimum absolute atomic E-state index is 0.246. The van der Waals surface area contributed by atoms with Gasteiger partial charge < -0.3 is 11.1 Å². The third kappa shape index (κ3) is 1.78. The first-order chi connectivity index (χ1) is 5.47. The van der Waals surface area contributed by atoms with Crippen LogP contribution in [0.2, 0.25) is 0 Å². The van der Waals surface area contributed by atoms with E-state index >= 15 is 0 Å². The molecule has 1 atom stereocenters. The van der Waals surface area contributed by atoms with Crippen LogP contribution >= 0.6 is 0 Å². The highest BCUT2D eigenvalue weighted by molar-refractivity contribution is 5.84. The third-order valence-corrected chi connectivity index (χ3v) is 2.75. The number of rotatable bonds is 4. The summed E-state index contributed by atoms with van der Waals surface area (Å²) in [4.78, 5) is 11.2. The van der Waals surface area contributed by atoms with Crippen LogP contribution in [0.1, 0.15) is 33.6 Å². The number of carbonyl (C=O) groups excluding carboxylic acids is 1. The second-order valence-corrected chi connectivity index (χ2v) is 4.14. The van der Waals surface area contributed by atoms with Crippen LogP contribution in [0.25, 0.3) is 0 Å². The van der Waals surface area contributed by atoms with Crippen LogP contribution in [0.5, 0.6) is 0 Å². The molecule has 0 spiro atoms. The molecule has 1 fully saturated rings. The molecule has 0 radical (unpaired) electrons. The molecule has 0 aromatic rings. The molecule has 3 nitrogen and oxygen atoms in total. The number of carbonyl (C=O) groups is 1. The lowest BCUT2D eigenvalue weighted by Crippen LogP contribution is -2.57. The Morgan fingerprint density at radius 1 is 1.58 bits per heavy atom. The van der Waals surface area contributed by atoms with Gasteiger partial charge in [0.15, 0.2) is 0 Å². The average Bonchev–Trinajstić information content (AvgIpc) is 2.70. The van der Waals surface area contributed by atoms with E-state index in [1.807, 2.05) is 20.8 Å². The second-order valence-electron chi connectivity index (χ2n) is 4.14. The Balaban J connectivity index is 2.62. The van der Waals surface area contributed by atoms with Crippen molar-refractivity contribution in [3.05, 3.63) is 0 Å². The van der Waals surface area contributed by atoms with Gasteiger partial charge in [-0.1, -0.05) is 13.8 Å². The summed E-state index contributed by atoms with van der Waals surface area (Å²) in [5, 5.41) is 3.29. The van der Waals surface area contributed by atoms with E-state index in [1.54, 1.807) is 0 Å². The lowest BCUT2D eigenvalue weighted by molar-refractivity contribution is -0.125. The third-order valence-electron chi connectivity index (χ3n) is 2.75. The fourth-order valence-electron chi connectivity index (χ4n) is 1.17. The highest BCUT2D eigenvalue weighted by Crippen LogP contribution is 2.25. The summed E-state index contributed by atoms with van der Waals surface area (Å²) in [6.45, 7) is 5.92. The average molecular weight is 170 g/mol. The van der Waals surface area contributed by atoms with Gasteiger partial charge in [-0.05, 0) is 25.7 Å². The molecule has 1 saturated carbocycles. The summed E-state index contributed by atoms with van der Waals surface area (Å²) >= 11 is 0. The predicted molar refractivity (Wildman–Crippen MR) is 48.6 cm³/mol. The Morgan fingerprint density at radius 3 is 2.33 bits per heavy atom. The first kappa shape index (κ1) is 9.52. The SMILES string of the molecule is CC(C)C(C)(NC1CC1)C(N)=O. The van der Waals surface area contributed by atoms with Gasteiger partial charge in [0.05, 0.1) is 5.54 Å². The highest BCUT2D eigenvalue weighted by atomic mass is 16.1. The van der Waals surface area contributed by atoms with Crippen LogP contribution in [0, 0.1) is 5.92 Å². The van der Waals surface area contributed by atoms with Gasteiger partial charge in [-0.15, -0.1) is 0 Å². The maximum Gasteiger partial charge on any atom is 0.237 e. The monoisotopic (exact) mass is 170 g/mol. The van der Waals surface area contributed by atoms with E-state index in [1.165, 1.54) is 12.8 Å². The van der Waals surface area contributed by atoms with Crippen LogP contribution in [0.15, 0.2) is 0 Å². The summed E-state index contributed by atoms with van der Waals surface area (Å²) in [7, 11) is 0. The fraction of sp³-hybridized carbons (Fsp3) is 0.889. The molecule has 0 saturated heterocycles. The van der Waals surface area contributed by atoms with Crippen molar-refractivity contribution in [3.63, 3.8) is 0 Å². The summed E-state index contributed by atoms with van der Waals surface area (Å²) in [6, 6.07) is 0.518. The predicted octanol–water partition coefficient (Wildman–Crippen LogP) is 0.638. The summed E-state index contributed by atoms with van der Waals surface area (Å²) in [5.74, 6) is 0. The molecule has 70 valence electrons. The van der Waals surface area contributed by atoms with Crippen LogP contribution in [0.3, 0.4) is 0 Å². The Labute approximate surface area is 73.7 Å². The largest absolute Gasteiger partial charge is 0.368 e. The van der Waals surface area contributed by atoms with Gasteiger partial charge in [0.25, 0.3) is 0 Å². The van der Waals surface area contributed by atoms with Crippen molar-refractivity contribution in [2.24, 2.45) is 11.7 Å². The topological polar surface area (TPSA) is 55.1 Å². The minimum atomic E-state index is -0.527. The van der Waals surface area contributed by atoms with Gasteiger partial charge in [-0.2, -0.15) is 0 Å². The molecule has 12 heavy (non-hydrogen) atoms. The number of primary amides is 1. The van der Waals surface area contributed by atoms with Gasteiger partial charge in [-0.3, -0.25) is 4.79 Å². The van der Waals surface area contributed by atoms with Gasteiger partial charge >= 0.3 is 0 Å². The lowest BCUT2D eigenvalue weighted by atomic mass is 9.87. The molecule has 0 aliphatic heterocycles. The summed E-state index contributed by atoms with van der Waals surface area (Å²) < 4.78 is 0. The Bertz CT molecular complexity index is 187. The molecule has 1 amide bonds. The van der Waals surface area contributed by atoms with Crippen molar-refractivity contribution in [2.45, 2.75) is 45.2 Å². The van der Waals surface area contributed by atoms with Crippen LogP contribution in [-0.2, 0) is 4.79 Å². The molecule has 0 aromatic carbocycles. The van der Waals surface area contributed by atoms with Crippen molar-refractivity contribution in [3.8, 4) is 0 Å². The molecule has 1 aliphatic rings. The lowest BCUT2D eigenvalue weighted by Gasteiger charge is -2.31. The van der Waals surface area contributed by atoms with Gasteiger partial charge in [0.1, 0.15) is 0 Å². The van der Waals surface area contributed by atoms with Gasteiger partial charge in [0, 0.05) is 6.04 Å². The fourth-order valence-corrected chi connectivity index (χ4v) is 1.17. The maximum atomic E-state index is 11.2. The number of nitrogens with two attached hydrogens (primary N) is 1. The Kier molecular flexibility index (Phi) is 2.42. The second kappa shape index (κ2) is 3.05. The molecule has 3 N–H and O–H groups in total. The van der Waals surface area contributed by atoms with E-state index in [-0.39, 0.29) is 11.8 Å². The zero-order chi connectivity index (χ0) is 9.35. The number of hydrogen-bond acceptors (Lipinski definition) is 2. The van der Waals surface area contributed by atoms with E-state index in [9.17, 15) is 4.79 Å². The molecule has 3 heteroatoms. The molecule has 1 rings (SSSR count). The van der Waals surface area contributed by atoms with E-state index in [0.717, 1.165) is 0 Å². The van der Waals surface area contributed by atoms with Crippen molar-refractivity contribution < 1.29 is 4.79 Å². The summed E-state index contributed by atoms with van der Waals surface area (Å²) in [5.41, 5.74) is 4.82. The molecule has 0 heterocycles. The molecule has 0 aromatic heterocycles. The standard InChI is InChI=1S/C9H18N2O/c1-6(2)9(3,8(10)12)11-7-4-5-7/h6-7,11H,4-5H2,1-3H3,(H2,10,12). The van der Waals surface area contributed by atoms with Gasteiger partial charge in [0.2, 0.25) is 5.91 Å². The van der Waals surface area contributed by atoms with Crippen molar-refractivity contribution in [1.29, 1.82) is 0 Å². The van der Waals surface area contributed by atoms with E-state index < -0.39 is 5.54 Å². The molecule has 0 bridgehead atoms. The van der Waals surface area contributed by atoms with Crippen LogP contribution in [0.4, 0.5) is 0 Å². The molecule has 1 aliphatic carbocycles. The molecular formula is C9H18N2O. The number of hydrogen-bond donors (Lipinski definition) is 2. The van der Waals surface area contributed by atoms with Crippen molar-refractivity contribution in [1.82, 2.24) is 5.32 Å². The zero-order valence-electron chi connectivity index (χ0n) is 8.05. The Morgan fingerprint density at radius 2 is 2.08 bits per heavy atom. The molecular weight excluding hydrogens is 152 g/mol. The van der Waals surface area contributed by atoms with Crippen LogP contribution in [-0.4, -0.2) is 17.5 Å². The smallest absolute Gasteiger partial charge is 0.237 e. The van der Waals surface area contributed by atoms with E-state index in [2.05, 4.69) is 5.32 Å². The highest BCUT2D eigenvalue weighted by Gasteiger charge is 2.39. The Hall–Kier alpha value is -0.570. The van der Waals surface area contributed by atoms with E-state index in [0.29, 0.717) is 6.04 Å². The normalized spacial score (nSPS) is 22.3. The zero-order valence-corrected chi connectivity index (χ0v) is 8.05. The quantitative estimate of drug-likeness (QED) is 0.650. The first-order valence-electron chi connectivity index (χ1n) is 4.54. The van der Waals surface area contributed by atoms with E-state index in [4.69, 9.17) is 5.73 Å². The maximum absolute atomic E-state index is 11.2. The van der Waals surface area contributed by atoms with Crippen molar-refractivity contribution in [2.75, 3.05) is 0 Å². The summed E-state index contributed by atoms with van der Waals surface area (Å²) in [6.07, 6.45) is 2.35. The number of amides is 1. The molecule has 1 unspecified atom stereocenters.